The maximum atomic E-state index is 5.43. The van der Waals surface area contributed by atoms with Gasteiger partial charge in [0.1, 0.15) is 0 Å². The minimum atomic E-state index is 0.825. The molecule has 2 aromatic rings. The fraction of sp³-hybridized carbons (Fsp3) is 0.200. The average molecular weight is 159 g/mol. The molecule has 0 saturated carbocycles. The Morgan fingerprint density at radius 1 is 1.25 bits per heavy atom. The van der Waals surface area contributed by atoms with Gasteiger partial charge in [0.25, 0.3) is 0 Å². The van der Waals surface area contributed by atoms with Crippen molar-refractivity contribution in [2.24, 2.45) is 0 Å². The Hall–Kier alpha value is -1.44. The van der Waals surface area contributed by atoms with Crippen LogP contribution in [0.2, 0.25) is 0 Å². The van der Waals surface area contributed by atoms with Crippen molar-refractivity contribution in [2.45, 2.75) is 6.42 Å². The minimum absolute atomic E-state index is 0.825. The number of aromatic nitrogens is 1. The molecule has 0 amide bonds. The second-order valence-corrected chi connectivity index (χ2v) is 3.08. The summed E-state index contributed by atoms with van der Waals surface area (Å²) in [6, 6.07) is 8.32. The maximum absolute atomic E-state index is 5.43. The fourth-order valence-electron chi connectivity index (χ4n) is 1.80. The lowest BCUT2D eigenvalue weighted by atomic mass is 10.1. The second-order valence-electron chi connectivity index (χ2n) is 3.08. The zero-order valence-electron chi connectivity index (χ0n) is 6.63. The smallest absolute Gasteiger partial charge is 0.195 e. The molecule has 0 aliphatic carbocycles. The van der Waals surface area contributed by atoms with Crippen molar-refractivity contribution in [3.8, 4) is 5.88 Å². The van der Waals surface area contributed by atoms with E-state index >= 15 is 0 Å². The highest BCUT2D eigenvalue weighted by Gasteiger charge is 2.17. The molecule has 0 saturated heterocycles. The highest BCUT2D eigenvalue weighted by atomic mass is 16.5. The van der Waals surface area contributed by atoms with Crippen LogP contribution >= 0.6 is 0 Å². The fourth-order valence-corrected chi connectivity index (χ4v) is 1.80. The quantitative estimate of drug-likeness (QED) is 0.625. The monoisotopic (exact) mass is 159 g/mol. The van der Waals surface area contributed by atoms with Crippen molar-refractivity contribution in [1.82, 2.24) is 4.98 Å². The van der Waals surface area contributed by atoms with Crippen molar-refractivity contribution in [1.29, 1.82) is 0 Å². The minimum Gasteiger partial charge on any atom is -0.478 e. The van der Waals surface area contributed by atoms with E-state index in [9.17, 15) is 0 Å². The van der Waals surface area contributed by atoms with Crippen LogP contribution in [0.1, 0.15) is 5.56 Å². The summed E-state index contributed by atoms with van der Waals surface area (Å²) in [5.41, 5.74) is 2.52. The number of benzene rings is 1. The van der Waals surface area contributed by atoms with Gasteiger partial charge >= 0.3 is 0 Å². The van der Waals surface area contributed by atoms with E-state index in [0.29, 0.717) is 0 Å². The Morgan fingerprint density at radius 2 is 2.17 bits per heavy atom. The lowest BCUT2D eigenvalue weighted by molar-refractivity contribution is 0.346. The van der Waals surface area contributed by atoms with E-state index < -0.39 is 0 Å². The molecule has 1 aromatic heterocycles. The SMILES string of the molecule is c1ccc2c3c([nH]c2c1)OCC3. The molecule has 2 heteroatoms. The number of fused-ring (bicyclic) bond motifs is 3. The predicted molar refractivity (Wildman–Crippen MR) is 47.5 cm³/mol. The van der Waals surface area contributed by atoms with E-state index in [0.717, 1.165) is 18.9 Å². The van der Waals surface area contributed by atoms with Gasteiger partial charge in [-0.2, -0.15) is 0 Å². The van der Waals surface area contributed by atoms with Crippen molar-refractivity contribution < 1.29 is 4.74 Å². The van der Waals surface area contributed by atoms with Crippen LogP contribution in [0, 0.1) is 0 Å². The van der Waals surface area contributed by atoms with E-state index in [-0.39, 0.29) is 0 Å². The number of hydrogen-bond donors (Lipinski definition) is 1. The van der Waals surface area contributed by atoms with E-state index in [1.807, 2.05) is 6.07 Å². The lowest BCUT2D eigenvalue weighted by Gasteiger charge is -1.91. The van der Waals surface area contributed by atoms with Crippen LogP contribution in [0.25, 0.3) is 10.9 Å². The van der Waals surface area contributed by atoms with Gasteiger partial charge in [0.05, 0.1) is 6.61 Å². The van der Waals surface area contributed by atoms with Crippen molar-refractivity contribution in [2.75, 3.05) is 6.61 Å². The largest absolute Gasteiger partial charge is 0.478 e. The van der Waals surface area contributed by atoms with Gasteiger partial charge in [0, 0.05) is 22.9 Å². The Kier molecular flexibility index (Phi) is 1.04. The molecule has 2 nitrogen and oxygen atoms in total. The molecular weight excluding hydrogens is 150 g/mol. The zero-order chi connectivity index (χ0) is 7.97. The van der Waals surface area contributed by atoms with Crippen LogP contribution in [0.5, 0.6) is 5.88 Å². The maximum Gasteiger partial charge on any atom is 0.195 e. The first-order valence-corrected chi connectivity index (χ1v) is 4.17. The Labute approximate surface area is 70.2 Å². The van der Waals surface area contributed by atoms with Crippen LogP contribution in [0.4, 0.5) is 0 Å². The van der Waals surface area contributed by atoms with Crippen LogP contribution in [-0.4, -0.2) is 11.6 Å². The molecule has 1 N–H and O–H groups in total. The number of rotatable bonds is 0. The van der Waals surface area contributed by atoms with E-state index in [4.69, 9.17) is 4.74 Å². The third kappa shape index (κ3) is 0.644. The highest BCUT2D eigenvalue weighted by Crippen LogP contribution is 2.31. The first kappa shape index (κ1) is 6.12. The molecule has 1 aromatic carbocycles. The van der Waals surface area contributed by atoms with Crippen molar-refractivity contribution >= 4 is 10.9 Å². The molecule has 0 unspecified atom stereocenters. The normalized spacial score (nSPS) is 14.7. The van der Waals surface area contributed by atoms with Gasteiger partial charge in [-0.05, 0) is 6.07 Å². The summed E-state index contributed by atoms with van der Waals surface area (Å²) in [4.78, 5) is 3.25. The molecule has 60 valence electrons. The summed E-state index contributed by atoms with van der Waals surface area (Å²) in [6.07, 6.45) is 1.04. The lowest BCUT2D eigenvalue weighted by Crippen LogP contribution is -1.89. The predicted octanol–water partition coefficient (Wildman–Crippen LogP) is 2.10. The molecule has 0 atom stereocenters. The van der Waals surface area contributed by atoms with Crippen LogP contribution < -0.4 is 4.74 Å². The average Bonchev–Trinajstić information content (AvgIpc) is 2.62. The number of ether oxygens (including phenoxy) is 1. The number of hydrogen-bond acceptors (Lipinski definition) is 1. The zero-order valence-corrected chi connectivity index (χ0v) is 6.63. The second kappa shape index (κ2) is 2.03. The summed E-state index contributed by atoms with van der Waals surface area (Å²) in [5, 5.41) is 1.31. The van der Waals surface area contributed by atoms with Gasteiger partial charge < -0.3 is 9.72 Å². The van der Waals surface area contributed by atoms with Gasteiger partial charge in [0.15, 0.2) is 5.88 Å². The summed E-state index contributed by atoms with van der Waals surface area (Å²) in [5.74, 6) is 0.969. The standard InChI is InChI=1S/C10H9NO/c1-2-4-9-7(3-1)8-5-6-12-10(8)11-9/h1-4,11H,5-6H2. The highest BCUT2D eigenvalue weighted by molar-refractivity contribution is 5.86. The number of para-hydroxylation sites is 1. The number of H-pyrrole nitrogens is 1. The summed E-state index contributed by atoms with van der Waals surface area (Å²) >= 11 is 0. The van der Waals surface area contributed by atoms with Crippen LogP contribution in [-0.2, 0) is 6.42 Å². The molecule has 1 aliphatic rings. The van der Waals surface area contributed by atoms with Gasteiger partial charge in [-0.1, -0.05) is 18.2 Å². The van der Waals surface area contributed by atoms with Gasteiger partial charge in [0.2, 0.25) is 0 Å². The van der Waals surface area contributed by atoms with Crippen LogP contribution in [0.3, 0.4) is 0 Å². The molecule has 1 aliphatic heterocycles. The van der Waals surface area contributed by atoms with E-state index in [1.165, 1.54) is 16.5 Å². The first-order chi connectivity index (χ1) is 5.95. The van der Waals surface area contributed by atoms with Gasteiger partial charge in [-0.25, -0.2) is 0 Å². The Morgan fingerprint density at radius 3 is 3.17 bits per heavy atom. The third-order valence-electron chi connectivity index (χ3n) is 2.37. The van der Waals surface area contributed by atoms with E-state index in [2.05, 4.69) is 23.2 Å². The summed E-state index contributed by atoms with van der Waals surface area (Å²) < 4.78 is 5.43. The number of aromatic amines is 1. The Bertz CT molecular complexity index is 430. The molecule has 0 fully saturated rings. The summed E-state index contributed by atoms with van der Waals surface area (Å²) in [6.45, 7) is 0.825. The molecular formula is C10H9NO. The van der Waals surface area contributed by atoms with Gasteiger partial charge in [-0.15, -0.1) is 0 Å². The topological polar surface area (TPSA) is 25.0 Å². The Balaban J connectivity index is 2.44. The third-order valence-corrected chi connectivity index (χ3v) is 2.37. The molecule has 0 bridgehead atoms. The molecule has 0 radical (unpaired) electrons. The molecule has 2 heterocycles. The van der Waals surface area contributed by atoms with Crippen molar-refractivity contribution in [3.63, 3.8) is 0 Å². The molecule has 12 heavy (non-hydrogen) atoms. The first-order valence-electron chi connectivity index (χ1n) is 4.17. The number of nitrogens with one attached hydrogen (secondary N) is 1. The van der Waals surface area contributed by atoms with E-state index in [1.54, 1.807) is 0 Å². The molecule has 3 rings (SSSR count). The van der Waals surface area contributed by atoms with Gasteiger partial charge in [-0.3, -0.25) is 0 Å². The van der Waals surface area contributed by atoms with Crippen molar-refractivity contribution in [3.05, 3.63) is 29.8 Å². The summed E-state index contributed by atoms with van der Waals surface area (Å²) in [7, 11) is 0. The van der Waals surface area contributed by atoms with Crippen LogP contribution in [0.15, 0.2) is 24.3 Å². The molecule has 0 spiro atoms.